The Labute approximate surface area is 77.5 Å². The zero-order valence-electron chi connectivity index (χ0n) is 7.31. The average Bonchev–Trinajstić information content (AvgIpc) is 2.15. The fourth-order valence-electron chi connectivity index (χ4n) is 1.55. The van der Waals surface area contributed by atoms with Gasteiger partial charge in [0.15, 0.2) is 0 Å². The first kappa shape index (κ1) is 8.05. The van der Waals surface area contributed by atoms with Gasteiger partial charge in [-0.05, 0) is 12.1 Å². The van der Waals surface area contributed by atoms with Gasteiger partial charge in [-0.25, -0.2) is 0 Å². The van der Waals surface area contributed by atoms with Gasteiger partial charge in [0.1, 0.15) is 0 Å². The van der Waals surface area contributed by atoms with Crippen LogP contribution in [0.2, 0.25) is 0 Å². The Morgan fingerprint density at radius 3 is 2.62 bits per heavy atom. The highest BCUT2D eigenvalue weighted by molar-refractivity contribution is 6.01. The van der Waals surface area contributed by atoms with Crippen LogP contribution in [0.25, 0.3) is 0 Å². The molecule has 0 bridgehead atoms. The highest BCUT2D eigenvalue weighted by atomic mass is 16.2. The maximum atomic E-state index is 11.3. The molecule has 1 amide bonds. The molecule has 0 aromatic heterocycles. The number of benzene rings is 1. The van der Waals surface area contributed by atoms with Crippen molar-refractivity contribution in [3.8, 4) is 0 Å². The molecule has 0 spiro atoms. The second-order valence-electron chi connectivity index (χ2n) is 3.11. The fourth-order valence-corrected chi connectivity index (χ4v) is 1.55. The smallest absolute Gasteiger partial charge is 0.229 e. The second kappa shape index (κ2) is 3.05. The largest absolute Gasteiger partial charge is 0.305 e. The molecule has 2 rings (SSSR count). The van der Waals surface area contributed by atoms with Crippen molar-refractivity contribution in [2.75, 3.05) is 4.90 Å². The summed E-state index contributed by atoms with van der Waals surface area (Å²) in [6, 6.07) is 9.87. The van der Waals surface area contributed by atoms with Gasteiger partial charge in [-0.15, -0.1) is 6.58 Å². The van der Waals surface area contributed by atoms with Crippen LogP contribution in [0.5, 0.6) is 0 Å². The predicted molar refractivity (Wildman–Crippen MR) is 52.5 cm³/mol. The molecule has 1 aromatic rings. The van der Waals surface area contributed by atoms with Gasteiger partial charge in [0.2, 0.25) is 5.91 Å². The predicted octanol–water partition coefficient (Wildman–Crippen LogP) is 1.98. The number of para-hydroxylation sites is 1. The molecule has 1 aliphatic rings. The number of nitrogens with zero attached hydrogens (tertiary/aromatic N) is 1. The maximum Gasteiger partial charge on any atom is 0.229 e. The van der Waals surface area contributed by atoms with Crippen molar-refractivity contribution in [1.82, 2.24) is 0 Å². The minimum absolute atomic E-state index is 0.177. The van der Waals surface area contributed by atoms with E-state index in [9.17, 15) is 4.79 Å². The summed E-state index contributed by atoms with van der Waals surface area (Å²) in [5.41, 5.74) is 0.962. The number of carbonyl (C=O) groups is 1. The fraction of sp³-hybridized carbons (Fsp3) is 0.182. The first-order valence-corrected chi connectivity index (χ1v) is 4.32. The molecule has 1 aromatic carbocycles. The molecule has 0 aliphatic carbocycles. The summed E-state index contributed by atoms with van der Waals surface area (Å²) in [4.78, 5) is 13.0. The van der Waals surface area contributed by atoms with Gasteiger partial charge < -0.3 is 4.90 Å². The van der Waals surface area contributed by atoms with Crippen LogP contribution in [0.15, 0.2) is 43.0 Å². The third-order valence-electron chi connectivity index (χ3n) is 2.29. The Morgan fingerprint density at radius 2 is 2.08 bits per heavy atom. The Bertz CT molecular complexity index is 331. The summed E-state index contributed by atoms with van der Waals surface area (Å²) in [6.07, 6.45) is 2.41. The molecule has 0 saturated carbocycles. The van der Waals surface area contributed by atoms with E-state index >= 15 is 0 Å². The van der Waals surface area contributed by atoms with E-state index < -0.39 is 0 Å². The Hall–Kier alpha value is -1.57. The van der Waals surface area contributed by atoms with Crippen LogP contribution >= 0.6 is 0 Å². The first-order chi connectivity index (χ1) is 6.33. The SMILES string of the molecule is C=CC1CC(=O)N1c1ccccc1. The van der Waals surface area contributed by atoms with Crippen LogP contribution in [0, 0.1) is 0 Å². The molecule has 1 saturated heterocycles. The Morgan fingerprint density at radius 1 is 1.38 bits per heavy atom. The third kappa shape index (κ3) is 1.24. The van der Waals surface area contributed by atoms with Gasteiger partial charge in [0.05, 0.1) is 12.5 Å². The molecule has 1 unspecified atom stereocenters. The Balaban J connectivity index is 2.26. The number of hydrogen-bond acceptors (Lipinski definition) is 1. The minimum atomic E-state index is 0.177. The van der Waals surface area contributed by atoms with Crippen LogP contribution in [-0.4, -0.2) is 11.9 Å². The average molecular weight is 173 g/mol. The summed E-state index contributed by atoms with van der Waals surface area (Å²) in [7, 11) is 0. The molecular weight excluding hydrogens is 162 g/mol. The van der Waals surface area contributed by atoms with Crippen molar-refractivity contribution in [2.45, 2.75) is 12.5 Å². The number of hydrogen-bond donors (Lipinski definition) is 0. The molecule has 2 nitrogen and oxygen atoms in total. The van der Waals surface area contributed by atoms with Gasteiger partial charge in [0.25, 0.3) is 0 Å². The van der Waals surface area contributed by atoms with Crippen molar-refractivity contribution in [1.29, 1.82) is 0 Å². The lowest BCUT2D eigenvalue weighted by atomic mass is 10.0. The van der Waals surface area contributed by atoms with Crippen LogP contribution in [0.1, 0.15) is 6.42 Å². The molecule has 1 atom stereocenters. The van der Waals surface area contributed by atoms with E-state index in [1.54, 1.807) is 4.90 Å². The molecule has 0 radical (unpaired) electrons. The number of carbonyl (C=O) groups excluding carboxylic acids is 1. The summed E-state index contributed by atoms with van der Waals surface area (Å²) in [5, 5.41) is 0. The van der Waals surface area contributed by atoms with Gasteiger partial charge in [-0.3, -0.25) is 4.79 Å². The van der Waals surface area contributed by atoms with E-state index in [1.807, 2.05) is 36.4 Å². The molecule has 0 N–H and O–H groups in total. The zero-order valence-corrected chi connectivity index (χ0v) is 7.31. The van der Waals surface area contributed by atoms with E-state index in [-0.39, 0.29) is 11.9 Å². The molecule has 13 heavy (non-hydrogen) atoms. The van der Waals surface area contributed by atoms with Gasteiger partial charge in [-0.1, -0.05) is 24.3 Å². The van der Waals surface area contributed by atoms with Gasteiger partial charge >= 0.3 is 0 Å². The maximum absolute atomic E-state index is 11.3. The number of rotatable bonds is 2. The van der Waals surface area contributed by atoms with E-state index in [0.29, 0.717) is 6.42 Å². The van der Waals surface area contributed by atoms with Crippen molar-refractivity contribution in [2.24, 2.45) is 0 Å². The number of amides is 1. The lowest BCUT2D eigenvalue weighted by Gasteiger charge is -2.38. The summed E-state index contributed by atoms with van der Waals surface area (Å²) in [5.74, 6) is 0.177. The molecule has 2 heteroatoms. The lowest BCUT2D eigenvalue weighted by molar-refractivity contribution is -0.123. The standard InChI is InChI=1S/C11H11NO/c1-2-9-8-11(13)12(9)10-6-4-3-5-7-10/h2-7,9H,1,8H2. The Kier molecular flexibility index (Phi) is 1.89. The second-order valence-corrected chi connectivity index (χ2v) is 3.11. The van der Waals surface area contributed by atoms with E-state index in [4.69, 9.17) is 0 Å². The quantitative estimate of drug-likeness (QED) is 0.494. The first-order valence-electron chi connectivity index (χ1n) is 4.32. The highest BCUT2D eigenvalue weighted by Crippen LogP contribution is 2.27. The summed E-state index contributed by atoms with van der Waals surface area (Å²) >= 11 is 0. The highest BCUT2D eigenvalue weighted by Gasteiger charge is 2.34. The van der Waals surface area contributed by atoms with Gasteiger partial charge in [0, 0.05) is 5.69 Å². The van der Waals surface area contributed by atoms with Crippen LogP contribution < -0.4 is 4.90 Å². The molecule has 1 fully saturated rings. The number of anilines is 1. The van der Waals surface area contributed by atoms with E-state index in [1.165, 1.54) is 0 Å². The van der Waals surface area contributed by atoms with Crippen LogP contribution in [0.3, 0.4) is 0 Å². The molecule has 66 valence electrons. The third-order valence-corrected chi connectivity index (χ3v) is 2.29. The van der Waals surface area contributed by atoms with E-state index in [2.05, 4.69) is 6.58 Å². The summed E-state index contributed by atoms with van der Waals surface area (Å²) < 4.78 is 0. The normalized spacial score (nSPS) is 21.1. The molecule has 1 heterocycles. The van der Waals surface area contributed by atoms with E-state index in [0.717, 1.165) is 5.69 Å². The minimum Gasteiger partial charge on any atom is -0.305 e. The van der Waals surface area contributed by atoms with Crippen molar-refractivity contribution < 1.29 is 4.79 Å². The van der Waals surface area contributed by atoms with Crippen LogP contribution in [0.4, 0.5) is 5.69 Å². The van der Waals surface area contributed by atoms with Crippen molar-refractivity contribution in [3.63, 3.8) is 0 Å². The molecule has 1 aliphatic heterocycles. The summed E-state index contributed by atoms with van der Waals surface area (Å²) in [6.45, 7) is 3.70. The van der Waals surface area contributed by atoms with Crippen LogP contribution in [-0.2, 0) is 4.79 Å². The zero-order chi connectivity index (χ0) is 9.26. The van der Waals surface area contributed by atoms with Crippen molar-refractivity contribution in [3.05, 3.63) is 43.0 Å². The number of β-lactam (4-membered cyclic amide) rings is 1. The molecular formula is C11H11NO. The van der Waals surface area contributed by atoms with Gasteiger partial charge in [-0.2, -0.15) is 0 Å². The van der Waals surface area contributed by atoms with Crippen molar-refractivity contribution >= 4 is 11.6 Å². The topological polar surface area (TPSA) is 20.3 Å². The lowest BCUT2D eigenvalue weighted by Crippen LogP contribution is -2.51. The monoisotopic (exact) mass is 173 g/mol.